The lowest BCUT2D eigenvalue weighted by Crippen LogP contribution is -2.50. The first-order valence-corrected chi connectivity index (χ1v) is 11.3. The van der Waals surface area contributed by atoms with Crippen LogP contribution in [-0.4, -0.2) is 27.6 Å². The van der Waals surface area contributed by atoms with E-state index in [-0.39, 0.29) is 16.3 Å². The van der Waals surface area contributed by atoms with E-state index in [9.17, 15) is 18.8 Å². The molecule has 0 saturated carbocycles. The highest BCUT2D eigenvalue weighted by molar-refractivity contribution is 7.09. The summed E-state index contributed by atoms with van der Waals surface area (Å²) in [6, 6.07) is 12.7. The number of para-hydroxylation sites is 1. The largest absolute Gasteiger partial charge is 0.395 e. The molecule has 5 N–H and O–H groups in total. The van der Waals surface area contributed by atoms with Crippen molar-refractivity contribution in [3.05, 3.63) is 76.5 Å². The van der Waals surface area contributed by atoms with Gasteiger partial charge < -0.3 is 16.8 Å². The maximum Gasteiger partial charge on any atom is 0.273 e. The molecule has 1 heterocycles. The highest BCUT2D eigenvalue weighted by Crippen LogP contribution is 2.33. The van der Waals surface area contributed by atoms with E-state index in [4.69, 9.17) is 11.5 Å². The van der Waals surface area contributed by atoms with Crippen LogP contribution in [0.3, 0.4) is 0 Å². The minimum atomic E-state index is -1.17. The molecule has 2 aromatic carbocycles. The number of nitrogen functional groups attached to an aromatic ring is 1. The Bertz CT molecular complexity index is 1200. The topological polar surface area (TPSA) is 131 Å². The Morgan fingerprint density at radius 1 is 1.12 bits per heavy atom. The maximum atomic E-state index is 13.8. The highest BCUT2D eigenvalue weighted by Gasteiger charge is 2.37. The highest BCUT2D eigenvalue weighted by atomic mass is 32.1. The summed E-state index contributed by atoms with van der Waals surface area (Å²) in [4.78, 5) is 40.3. The van der Waals surface area contributed by atoms with Gasteiger partial charge in [-0.05, 0) is 61.6 Å². The van der Waals surface area contributed by atoms with Gasteiger partial charge in [-0.25, -0.2) is 4.39 Å². The molecule has 0 unspecified atom stereocenters. The number of benzene rings is 2. The number of primary amides is 1. The Kier molecular flexibility index (Phi) is 7.31. The van der Waals surface area contributed by atoms with E-state index in [2.05, 4.69) is 9.69 Å². The van der Waals surface area contributed by atoms with Crippen molar-refractivity contribution in [3.8, 4) is 0 Å². The van der Waals surface area contributed by atoms with Gasteiger partial charge in [-0.15, -0.1) is 0 Å². The molecule has 3 amide bonds. The third-order valence-electron chi connectivity index (χ3n) is 5.45. The number of rotatable bonds is 8. The zero-order chi connectivity index (χ0) is 25.0. The molecule has 34 heavy (non-hydrogen) atoms. The van der Waals surface area contributed by atoms with Gasteiger partial charge in [-0.3, -0.25) is 19.3 Å². The van der Waals surface area contributed by atoms with Crippen molar-refractivity contribution in [3.63, 3.8) is 0 Å². The Morgan fingerprint density at radius 3 is 2.26 bits per heavy atom. The molecule has 8 nitrogen and oxygen atoms in total. The molecule has 0 radical (unpaired) electrons. The molecule has 0 fully saturated rings. The van der Waals surface area contributed by atoms with Gasteiger partial charge in [-0.1, -0.05) is 37.3 Å². The van der Waals surface area contributed by atoms with E-state index in [0.29, 0.717) is 17.7 Å². The summed E-state index contributed by atoms with van der Waals surface area (Å²) in [7, 11) is 0. The number of amides is 3. The molecule has 1 atom stereocenters. The number of anilines is 2. The normalized spacial score (nSPS) is 12.1. The first kappa shape index (κ1) is 24.8. The van der Waals surface area contributed by atoms with Crippen LogP contribution in [0.2, 0.25) is 0 Å². The maximum absolute atomic E-state index is 13.8. The monoisotopic (exact) mass is 483 g/mol. The van der Waals surface area contributed by atoms with Gasteiger partial charge in [-0.2, -0.15) is 4.37 Å². The number of hydrogen-bond acceptors (Lipinski definition) is 6. The first-order valence-electron chi connectivity index (χ1n) is 10.6. The number of nitrogens with zero attached hydrogens (tertiary/aromatic N) is 2. The van der Waals surface area contributed by atoms with E-state index in [1.54, 1.807) is 30.3 Å². The Balaban J connectivity index is 2.20. The van der Waals surface area contributed by atoms with Crippen LogP contribution < -0.4 is 21.7 Å². The quantitative estimate of drug-likeness (QED) is 0.450. The van der Waals surface area contributed by atoms with Gasteiger partial charge in [0.2, 0.25) is 5.91 Å². The molecule has 0 bridgehead atoms. The van der Waals surface area contributed by atoms with Crippen LogP contribution >= 0.6 is 11.5 Å². The van der Waals surface area contributed by atoms with Gasteiger partial charge in [0.1, 0.15) is 16.7 Å². The lowest BCUT2D eigenvalue weighted by Gasteiger charge is -2.34. The van der Waals surface area contributed by atoms with Crippen LogP contribution in [0.25, 0.3) is 0 Å². The lowest BCUT2D eigenvalue weighted by atomic mass is 9.98. The second-order valence-corrected chi connectivity index (χ2v) is 9.10. The zero-order valence-corrected chi connectivity index (χ0v) is 19.9. The predicted octanol–water partition coefficient (Wildman–Crippen LogP) is 3.66. The molecule has 0 aliphatic heterocycles. The SMILES string of the molecule is CCC(C)(C)NC(=O)[C@@H](c1ccc(F)cc1)N(C(=O)c1snc(C(N)=O)c1N)c1ccccc1. The Labute approximate surface area is 200 Å². The number of carbonyl (C=O) groups is 3. The standard InChI is InChI=1S/C24H26FN5O3S/c1-4-24(2,3)28-22(32)19(14-10-12-15(25)13-11-14)30(16-8-6-5-7-9-16)23(33)20-17(26)18(21(27)31)29-34-20/h5-13,19H,4,26H2,1-3H3,(H2,27,31)(H,28,32)/t19-/m1/s1. The first-order chi connectivity index (χ1) is 16.1. The van der Waals surface area contributed by atoms with Crippen molar-refractivity contribution in [2.45, 2.75) is 38.8 Å². The predicted molar refractivity (Wildman–Crippen MR) is 130 cm³/mol. The lowest BCUT2D eigenvalue weighted by molar-refractivity contribution is -0.124. The molecule has 0 aliphatic carbocycles. The fourth-order valence-electron chi connectivity index (χ4n) is 3.26. The van der Waals surface area contributed by atoms with E-state index in [1.165, 1.54) is 29.2 Å². The second kappa shape index (κ2) is 10.0. The molecular weight excluding hydrogens is 457 g/mol. The summed E-state index contributed by atoms with van der Waals surface area (Å²) < 4.78 is 17.6. The van der Waals surface area contributed by atoms with Crippen molar-refractivity contribution in [1.29, 1.82) is 0 Å². The molecule has 0 saturated heterocycles. The van der Waals surface area contributed by atoms with E-state index < -0.39 is 35.1 Å². The van der Waals surface area contributed by atoms with E-state index in [1.807, 2.05) is 20.8 Å². The van der Waals surface area contributed by atoms with E-state index >= 15 is 0 Å². The van der Waals surface area contributed by atoms with Crippen LogP contribution in [0.4, 0.5) is 15.8 Å². The minimum Gasteiger partial charge on any atom is -0.395 e. The van der Waals surface area contributed by atoms with Crippen LogP contribution in [0.5, 0.6) is 0 Å². The van der Waals surface area contributed by atoms with E-state index in [0.717, 1.165) is 11.5 Å². The number of nitrogens with two attached hydrogens (primary N) is 2. The summed E-state index contributed by atoms with van der Waals surface area (Å²) in [6.45, 7) is 5.65. The third-order valence-corrected chi connectivity index (χ3v) is 6.30. The van der Waals surface area contributed by atoms with Crippen LogP contribution in [0.15, 0.2) is 54.6 Å². The Morgan fingerprint density at radius 2 is 1.74 bits per heavy atom. The van der Waals surface area contributed by atoms with Gasteiger partial charge >= 0.3 is 0 Å². The summed E-state index contributed by atoms with van der Waals surface area (Å²) in [6.07, 6.45) is 0.637. The van der Waals surface area contributed by atoms with Gasteiger partial charge in [0.25, 0.3) is 11.8 Å². The van der Waals surface area contributed by atoms with Gasteiger partial charge in [0, 0.05) is 11.2 Å². The van der Waals surface area contributed by atoms with Gasteiger partial charge in [0.05, 0.1) is 5.69 Å². The fraction of sp³-hybridized carbons (Fsp3) is 0.250. The number of carbonyl (C=O) groups excluding carboxylic acids is 3. The third kappa shape index (κ3) is 5.23. The molecule has 3 rings (SSSR count). The van der Waals surface area contributed by atoms with Crippen molar-refractivity contribution < 1.29 is 18.8 Å². The van der Waals surface area contributed by atoms with Crippen LogP contribution in [-0.2, 0) is 4.79 Å². The molecule has 0 spiro atoms. The van der Waals surface area contributed by atoms with Crippen molar-refractivity contribution in [1.82, 2.24) is 9.69 Å². The smallest absolute Gasteiger partial charge is 0.273 e. The summed E-state index contributed by atoms with van der Waals surface area (Å²) in [5, 5.41) is 2.97. The van der Waals surface area contributed by atoms with Crippen molar-refractivity contribution in [2.75, 3.05) is 10.6 Å². The molecule has 10 heteroatoms. The summed E-state index contributed by atoms with van der Waals surface area (Å²) in [5.74, 6) is -2.45. The zero-order valence-electron chi connectivity index (χ0n) is 19.0. The fourth-order valence-corrected chi connectivity index (χ4v) is 4.01. The van der Waals surface area contributed by atoms with Crippen LogP contribution in [0.1, 0.15) is 59.0 Å². The number of hydrogen-bond donors (Lipinski definition) is 3. The van der Waals surface area contributed by atoms with Crippen molar-refractivity contribution >= 4 is 40.6 Å². The molecular formula is C24H26FN5O3S. The average Bonchev–Trinajstić information content (AvgIpc) is 3.19. The number of nitrogens with one attached hydrogen (secondary N) is 1. The number of aromatic nitrogens is 1. The van der Waals surface area contributed by atoms with Gasteiger partial charge in [0.15, 0.2) is 5.69 Å². The number of halogens is 1. The molecule has 1 aromatic heterocycles. The van der Waals surface area contributed by atoms with Crippen molar-refractivity contribution in [2.24, 2.45) is 5.73 Å². The Hall–Kier alpha value is -3.79. The summed E-state index contributed by atoms with van der Waals surface area (Å²) in [5.41, 5.74) is 11.2. The molecule has 3 aromatic rings. The van der Waals surface area contributed by atoms with Crippen LogP contribution in [0, 0.1) is 5.82 Å². The summed E-state index contributed by atoms with van der Waals surface area (Å²) >= 11 is 0.721. The molecule has 0 aliphatic rings. The molecule has 178 valence electrons. The minimum absolute atomic E-state index is 0.0349. The average molecular weight is 484 g/mol. The second-order valence-electron chi connectivity index (χ2n) is 8.33.